The second-order valence-corrected chi connectivity index (χ2v) is 6.14. The summed E-state index contributed by atoms with van der Waals surface area (Å²) in [4.78, 5) is 9.11. The van der Waals surface area contributed by atoms with E-state index in [2.05, 4.69) is 23.8 Å². The monoisotopic (exact) mass is 321 g/mol. The molecule has 0 spiro atoms. The molecule has 1 saturated heterocycles. The highest BCUT2D eigenvalue weighted by Crippen LogP contribution is 2.32. The molecule has 1 unspecified atom stereocenters. The Balaban J connectivity index is 2.20. The van der Waals surface area contributed by atoms with Gasteiger partial charge in [0, 0.05) is 19.2 Å². The second kappa shape index (κ2) is 6.38. The van der Waals surface area contributed by atoms with Gasteiger partial charge in [-0.2, -0.15) is 13.2 Å². The van der Waals surface area contributed by atoms with Gasteiger partial charge in [-0.25, -0.2) is 9.97 Å². The van der Waals surface area contributed by atoms with Crippen molar-refractivity contribution in [3.05, 3.63) is 17.0 Å². The Morgan fingerprint density at radius 2 is 1.95 bits per heavy atom. The zero-order valence-electron chi connectivity index (χ0n) is 12.1. The molecule has 21 heavy (non-hydrogen) atoms. The van der Waals surface area contributed by atoms with Crippen molar-refractivity contribution in [3.63, 3.8) is 0 Å². The molecule has 0 aromatic carbocycles. The summed E-state index contributed by atoms with van der Waals surface area (Å²) in [5.41, 5.74) is -0.984. The van der Waals surface area contributed by atoms with Gasteiger partial charge in [-0.1, -0.05) is 13.8 Å². The normalized spacial score (nSPS) is 20.7. The van der Waals surface area contributed by atoms with Crippen LogP contribution in [0.4, 0.5) is 19.0 Å². The van der Waals surface area contributed by atoms with Crippen molar-refractivity contribution in [3.8, 4) is 0 Å². The topological polar surface area (TPSA) is 29.0 Å². The number of alkyl halides is 3. The molecule has 0 bridgehead atoms. The van der Waals surface area contributed by atoms with E-state index in [1.165, 1.54) is 0 Å². The highest BCUT2D eigenvalue weighted by atomic mass is 35.5. The van der Waals surface area contributed by atoms with E-state index in [0.29, 0.717) is 24.9 Å². The lowest BCUT2D eigenvalue weighted by atomic mass is 9.89. The third-order valence-corrected chi connectivity index (χ3v) is 4.18. The first-order valence-electron chi connectivity index (χ1n) is 7.14. The summed E-state index contributed by atoms with van der Waals surface area (Å²) in [5, 5.41) is -0.357. The highest BCUT2D eigenvalue weighted by molar-refractivity contribution is 6.28. The molecule has 1 fully saturated rings. The van der Waals surface area contributed by atoms with E-state index in [9.17, 15) is 13.2 Å². The van der Waals surface area contributed by atoms with Crippen molar-refractivity contribution in [1.82, 2.24) is 9.97 Å². The van der Waals surface area contributed by atoms with Crippen LogP contribution in [0, 0.1) is 11.8 Å². The van der Waals surface area contributed by atoms with Crippen LogP contribution in [0.3, 0.4) is 0 Å². The van der Waals surface area contributed by atoms with Gasteiger partial charge in [0.15, 0.2) is 5.69 Å². The van der Waals surface area contributed by atoms with E-state index in [-0.39, 0.29) is 11.1 Å². The maximum atomic E-state index is 12.8. The van der Waals surface area contributed by atoms with Crippen molar-refractivity contribution < 1.29 is 13.2 Å². The number of aromatic nitrogens is 2. The Kier molecular flexibility index (Phi) is 4.96. The van der Waals surface area contributed by atoms with Crippen molar-refractivity contribution >= 4 is 17.4 Å². The predicted molar refractivity (Wildman–Crippen MR) is 76.4 cm³/mol. The fourth-order valence-corrected chi connectivity index (χ4v) is 2.91. The summed E-state index contributed by atoms with van der Waals surface area (Å²) in [5.74, 6) is 1.46. The van der Waals surface area contributed by atoms with Crippen LogP contribution in [-0.2, 0) is 6.18 Å². The third-order valence-electron chi connectivity index (χ3n) is 4.02. The summed E-state index contributed by atoms with van der Waals surface area (Å²) < 4.78 is 38.4. The number of halogens is 4. The van der Waals surface area contributed by atoms with E-state index >= 15 is 0 Å². The van der Waals surface area contributed by atoms with Crippen molar-refractivity contribution in [1.29, 1.82) is 0 Å². The summed E-state index contributed by atoms with van der Waals surface area (Å²) in [6, 6.07) is 0.988. The highest BCUT2D eigenvalue weighted by Gasteiger charge is 2.34. The third kappa shape index (κ3) is 4.22. The van der Waals surface area contributed by atoms with Crippen LogP contribution in [0.15, 0.2) is 6.07 Å². The van der Waals surface area contributed by atoms with Crippen LogP contribution in [0.25, 0.3) is 0 Å². The average molecular weight is 322 g/mol. The fourth-order valence-electron chi connectivity index (χ4n) is 2.73. The summed E-state index contributed by atoms with van der Waals surface area (Å²) in [6.07, 6.45) is -1.50. The maximum absolute atomic E-state index is 12.8. The standard InChI is InChI=1S/C14H19ClF3N3/c1-9(2)10-4-3-6-21(7-5-10)12-8-11(14(16,17)18)19-13(15)20-12/h8-10H,3-7H2,1-2H3. The molecule has 1 aliphatic rings. The Morgan fingerprint density at radius 1 is 1.24 bits per heavy atom. The minimum atomic E-state index is -4.51. The molecular weight excluding hydrogens is 303 g/mol. The quantitative estimate of drug-likeness (QED) is 0.755. The van der Waals surface area contributed by atoms with E-state index < -0.39 is 11.9 Å². The summed E-state index contributed by atoms with van der Waals surface area (Å²) in [7, 11) is 0. The first-order valence-corrected chi connectivity index (χ1v) is 7.52. The van der Waals surface area contributed by atoms with Gasteiger partial charge >= 0.3 is 6.18 Å². The molecule has 0 aliphatic carbocycles. The number of hydrogen-bond donors (Lipinski definition) is 0. The van der Waals surface area contributed by atoms with Gasteiger partial charge in [0.1, 0.15) is 5.82 Å². The van der Waals surface area contributed by atoms with Crippen molar-refractivity contribution in [2.45, 2.75) is 39.3 Å². The predicted octanol–water partition coefficient (Wildman–Crippen LogP) is 4.41. The molecule has 3 nitrogen and oxygen atoms in total. The largest absolute Gasteiger partial charge is 0.433 e. The summed E-state index contributed by atoms with van der Waals surface area (Å²) in [6.45, 7) is 5.77. The molecule has 0 saturated carbocycles. The Labute approximate surface area is 127 Å². The number of rotatable bonds is 2. The van der Waals surface area contributed by atoms with Crippen LogP contribution in [0.1, 0.15) is 38.8 Å². The Bertz CT molecular complexity index is 491. The summed E-state index contributed by atoms with van der Waals surface area (Å²) >= 11 is 5.65. The van der Waals surface area contributed by atoms with Gasteiger partial charge in [-0.3, -0.25) is 0 Å². The second-order valence-electron chi connectivity index (χ2n) is 5.80. The zero-order chi connectivity index (χ0) is 15.6. The first kappa shape index (κ1) is 16.3. The van der Waals surface area contributed by atoms with Crippen LogP contribution in [0.2, 0.25) is 5.28 Å². The SMILES string of the molecule is CC(C)C1CCCN(c2cc(C(F)(F)F)nc(Cl)n2)CC1. The van der Waals surface area contributed by atoms with E-state index in [4.69, 9.17) is 11.6 Å². The number of hydrogen-bond acceptors (Lipinski definition) is 3. The molecule has 2 rings (SSSR count). The molecule has 1 aliphatic heterocycles. The molecule has 0 N–H and O–H groups in total. The average Bonchev–Trinajstić information content (AvgIpc) is 2.62. The van der Waals surface area contributed by atoms with Gasteiger partial charge in [0.05, 0.1) is 0 Å². The maximum Gasteiger partial charge on any atom is 0.433 e. The smallest absolute Gasteiger partial charge is 0.356 e. The van der Waals surface area contributed by atoms with Gasteiger partial charge < -0.3 is 4.90 Å². The van der Waals surface area contributed by atoms with Crippen molar-refractivity contribution in [2.24, 2.45) is 11.8 Å². The Morgan fingerprint density at radius 3 is 2.57 bits per heavy atom. The Hall–Kier alpha value is -1.04. The van der Waals surface area contributed by atoms with Crippen LogP contribution >= 0.6 is 11.6 Å². The fraction of sp³-hybridized carbons (Fsp3) is 0.714. The zero-order valence-corrected chi connectivity index (χ0v) is 12.9. The molecule has 0 amide bonds. The molecule has 0 radical (unpaired) electrons. The van der Waals surface area contributed by atoms with Gasteiger partial charge in [-0.05, 0) is 42.7 Å². The van der Waals surface area contributed by atoms with Crippen LogP contribution < -0.4 is 4.90 Å². The first-order chi connectivity index (χ1) is 9.77. The van der Waals surface area contributed by atoms with Gasteiger partial charge in [0.25, 0.3) is 0 Å². The van der Waals surface area contributed by atoms with Crippen LogP contribution in [0.5, 0.6) is 0 Å². The van der Waals surface area contributed by atoms with Crippen molar-refractivity contribution in [2.75, 3.05) is 18.0 Å². The lowest BCUT2D eigenvalue weighted by Crippen LogP contribution is -2.26. The molecular formula is C14H19ClF3N3. The lowest BCUT2D eigenvalue weighted by Gasteiger charge is -2.23. The lowest BCUT2D eigenvalue weighted by molar-refractivity contribution is -0.141. The minimum Gasteiger partial charge on any atom is -0.356 e. The van der Waals surface area contributed by atoms with Crippen LogP contribution in [-0.4, -0.2) is 23.1 Å². The molecule has 1 atom stereocenters. The molecule has 1 aromatic rings. The van der Waals surface area contributed by atoms with E-state index in [1.54, 1.807) is 0 Å². The van der Waals surface area contributed by atoms with E-state index in [0.717, 1.165) is 25.3 Å². The van der Waals surface area contributed by atoms with Gasteiger partial charge in [0.2, 0.25) is 5.28 Å². The molecule has 118 valence electrons. The van der Waals surface area contributed by atoms with E-state index in [1.807, 2.05) is 4.90 Å². The number of nitrogens with zero attached hydrogens (tertiary/aromatic N) is 3. The number of anilines is 1. The molecule has 7 heteroatoms. The molecule has 1 aromatic heterocycles. The molecule has 2 heterocycles. The minimum absolute atomic E-state index is 0.270. The van der Waals surface area contributed by atoms with Gasteiger partial charge in [-0.15, -0.1) is 0 Å².